The van der Waals surface area contributed by atoms with Gasteiger partial charge in [-0.3, -0.25) is 4.79 Å². The van der Waals surface area contributed by atoms with Crippen LogP contribution in [0.15, 0.2) is 76.5 Å². The van der Waals surface area contributed by atoms with Crippen molar-refractivity contribution in [1.82, 2.24) is 0 Å². The minimum atomic E-state index is 0.0256. The number of carbonyl (C=O) groups is 1. The van der Waals surface area contributed by atoms with E-state index in [9.17, 15) is 4.79 Å². The lowest BCUT2D eigenvalue weighted by Gasteiger charge is -2.08. The Balaban J connectivity index is 1.76. The highest BCUT2D eigenvalue weighted by Gasteiger charge is 2.11. The number of benzene rings is 3. The van der Waals surface area contributed by atoms with Gasteiger partial charge in [-0.2, -0.15) is 0 Å². The van der Waals surface area contributed by atoms with Crippen LogP contribution in [0.1, 0.15) is 27.0 Å². The standard InChI is InChI=1S/C22H20O2S/c1-15-4-9-19(10-5-15)25-20-11-6-17(7-12-20)22(23)18-8-13-21(24-3)16(2)14-18/h4-14H,1-3H3. The van der Waals surface area contributed by atoms with Crippen molar-refractivity contribution in [3.63, 3.8) is 0 Å². The Kier molecular flexibility index (Phi) is 5.25. The summed E-state index contributed by atoms with van der Waals surface area (Å²) in [7, 11) is 1.63. The third kappa shape index (κ3) is 4.12. The molecule has 3 heteroatoms. The van der Waals surface area contributed by atoms with Gasteiger partial charge < -0.3 is 4.74 Å². The molecule has 25 heavy (non-hydrogen) atoms. The summed E-state index contributed by atoms with van der Waals surface area (Å²) in [6.45, 7) is 4.02. The molecule has 0 aliphatic heterocycles. The highest BCUT2D eigenvalue weighted by Crippen LogP contribution is 2.28. The second-order valence-electron chi connectivity index (χ2n) is 5.95. The van der Waals surface area contributed by atoms with E-state index in [0.717, 1.165) is 16.2 Å². The van der Waals surface area contributed by atoms with Gasteiger partial charge in [0.25, 0.3) is 0 Å². The summed E-state index contributed by atoms with van der Waals surface area (Å²) < 4.78 is 5.25. The van der Waals surface area contributed by atoms with E-state index in [-0.39, 0.29) is 5.78 Å². The number of rotatable bonds is 5. The van der Waals surface area contributed by atoms with Crippen LogP contribution in [-0.2, 0) is 0 Å². The van der Waals surface area contributed by atoms with E-state index in [1.807, 2.05) is 49.4 Å². The van der Waals surface area contributed by atoms with Crippen molar-refractivity contribution in [2.24, 2.45) is 0 Å². The van der Waals surface area contributed by atoms with Gasteiger partial charge in [0.1, 0.15) is 5.75 Å². The molecule has 0 atom stereocenters. The predicted molar refractivity (Wildman–Crippen MR) is 103 cm³/mol. The number of hydrogen-bond donors (Lipinski definition) is 0. The number of methoxy groups -OCH3 is 1. The van der Waals surface area contributed by atoms with Gasteiger partial charge in [0.2, 0.25) is 0 Å². The fraction of sp³-hybridized carbons (Fsp3) is 0.136. The van der Waals surface area contributed by atoms with Gasteiger partial charge in [0.05, 0.1) is 7.11 Å². The third-order valence-electron chi connectivity index (χ3n) is 4.03. The van der Waals surface area contributed by atoms with Gasteiger partial charge in [-0.1, -0.05) is 29.5 Å². The maximum atomic E-state index is 12.7. The Labute approximate surface area is 152 Å². The normalized spacial score (nSPS) is 10.5. The summed E-state index contributed by atoms with van der Waals surface area (Å²) in [5, 5.41) is 0. The molecule has 0 aliphatic rings. The fourth-order valence-corrected chi connectivity index (χ4v) is 3.42. The molecule has 0 fully saturated rings. The maximum absolute atomic E-state index is 12.7. The van der Waals surface area contributed by atoms with Gasteiger partial charge in [0.15, 0.2) is 5.78 Å². The molecular weight excluding hydrogens is 328 g/mol. The topological polar surface area (TPSA) is 26.3 Å². The lowest BCUT2D eigenvalue weighted by molar-refractivity contribution is 0.103. The molecule has 3 rings (SSSR count). The van der Waals surface area contributed by atoms with E-state index in [1.165, 1.54) is 10.5 Å². The number of ether oxygens (including phenoxy) is 1. The van der Waals surface area contributed by atoms with E-state index >= 15 is 0 Å². The Bertz CT molecular complexity index is 881. The molecule has 0 aliphatic carbocycles. The average Bonchev–Trinajstić information content (AvgIpc) is 2.63. The first-order chi connectivity index (χ1) is 12.1. The van der Waals surface area contributed by atoms with Crippen molar-refractivity contribution in [3.05, 3.63) is 89.0 Å². The lowest BCUT2D eigenvalue weighted by Crippen LogP contribution is -2.02. The van der Waals surface area contributed by atoms with Crippen LogP contribution in [0.3, 0.4) is 0 Å². The van der Waals surface area contributed by atoms with Crippen LogP contribution in [0.4, 0.5) is 0 Å². The molecule has 0 heterocycles. The summed E-state index contributed by atoms with van der Waals surface area (Å²) in [5.74, 6) is 0.819. The van der Waals surface area contributed by atoms with Gasteiger partial charge in [0, 0.05) is 20.9 Å². The van der Waals surface area contributed by atoms with Crippen molar-refractivity contribution in [2.75, 3.05) is 7.11 Å². The van der Waals surface area contributed by atoms with Crippen LogP contribution >= 0.6 is 11.8 Å². The molecule has 126 valence electrons. The summed E-state index contributed by atoms with van der Waals surface area (Å²) in [4.78, 5) is 15.0. The predicted octanol–water partition coefficient (Wildman–Crippen LogP) is 5.69. The first-order valence-corrected chi connectivity index (χ1v) is 8.92. The monoisotopic (exact) mass is 348 g/mol. The zero-order valence-corrected chi connectivity index (χ0v) is 15.4. The number of ketones is 1. The molecule has 0 unspecified atom stereocenters. The van der Waals surface area contributed by atoms with Gasteiger partial charge in [-0.25, -0.2) is 0 Å². The molecule has 0 saturated heterocycles. The Morgan fingerprint density at radius 2 is 1.36 bits per heavy atom. The molecule has 0 saturated carbocycles. The quantitative estimate of drug-likeness (QED) is 0.554. The molecule has 0 N–H and O–H groups in total. The van der Waals surface area contributed by atoms with E-state index in [2.05, 4.69) is 31.2 Å². The molecule has 0 aromatic heterocycles. The lowest BCUT2D eigenvalue weighted by atomic mass is 10.0. The van der Waals surface area contributed by atoms with Crippen LogP contribution in [0, 0.1) is 13.8 Å². The van der Waals surface area contributed by atoms with Gasteiger partial charge in [-0.15, -0.1) is 0 Å². The average molecular weight is 348 g/mol. The van der Waals surface area contributed by atoms with Crippen LogP contribution in [-0.4, -0.2) is 12.9 Å². The molecule has 3 aromatic carbocycles. The number of carbonyl (C=O) groups excluding carboxylic acids is 1. The highest BCUT2D eigenvalue weighted by atomic mass is 32.2. The highest BCUT2D eigenvalue weighted by molar-refractivity contribution is 7.99. The van der Waals surface area contributed by atoms with E-state index < -0.39 is 0 Å². The zero-order valence-electron chi connectivity index (χ0n) is 14.6. The first kappa shape index (κ1) is 17.3. The zero-order chi connectivity index (χ0) is 17.8. The maximum Gasteiger partial charge on any atom is 0.193 e. The smallest absolute Gasteiger partial charge is 0.193 e. The van der Waals surface area contributed by atoms with Crippen molar-refractivity contribution < 1.29 is 9.53 Å². The first-order valence-electron chi connectivity index (χ1n) is 8.11. The van der Waals surface area contributed by atoms with Crippen LogP contribution in [0.2, 0.25) is 0 Å². The minimum Gasteiger partial charge on any atom is -0.496 e. The van der Waals surface area contributed by atoms with Crippen molar-refractivity contribution in [2.45, 2.75) is 23.6 Å². The molecule has 2 nitrogen and oxygen atoms in total. The third-order valence-corrected chi connectivity index (χ3v) is 5.05. The van der Waals surface area contributed by atoms with Crippen molar-refractivity contribution in [3.8, 4) is 5.75 Å². The molecular formula is C22H20O2S. The molecule has 3 aromatic rings. The van der Waals surface area contributed by atoms with Crippen molar-refractivity contribution >= 4 is 17.5 Å². The molecule has 0 radical (unpaired) electrons. The van der Waals surface area contributed by atoms with E-state index in [0.29, 0.717) is 11.1 Å². The largest absolute Gasteiger partial charge is 0.496 e. The summed E-state index contributed by atoms with van der Waals surface area (Å²) in [6.07, 6.45) is 0. The number of hydrogen-bond acceptors (Lipinski definition) is 3. The Morgan fingerprint density at radius 3 is 1.92 bits per heavy atom. The summed E-state index contributed by atoms with van der Waals surface area (Å²) in [5.41, 5.74) is 3.58. The Morgan fingerprint density at radius 1 is 0.800 bits per heavy atom. The summed E-state index contributed by atoms with van der Waals surface area (Å²) in [6, 6.07) is 21.7. The second-order valence-corrected chi connectivity index (χ2v) is 7.10. The summed E-state index contributed by atoms with van der Waals surface area (Å²) >= 11 is 1.69. The minimum absolute atomic E-state index is 0.0256. The van der Waals surface area contributed by atoms with E-state index in [4.69, 9.17) is 4.74 Å². The molecule has 0 bridgehead atoms. The SMILES string of the molecule is COc1ccc(C(=O)c2ccc(Sc3ccc(C)cc3)cc2)cc1C. The fourth-order valence-electron chi connectivity index (χ4n) is 2.60. The molecule has 0 spiro atoms. The van der Waals surface area contributed by atoms with Gasteiger partial charge >= 0.3 is 0 Å². The second kappa shape index (κ2) is 7.58. The van der Waals surface area contributed by atoms with Crippen LogP contribution in [0.25, 0.3) is 0 Å². The number of aryl methyl sites for hydroxylation is 2. The van der Waals surface area contributed by atoms with Crippen LogP contribution < -0.4 is 4.74 Å². The Hall–Kier alpha value is -2.52. The van der Waals surface area contributed by atoms with E-state index in [1.54, 1.807) is 18.9 Å². The van der Waals surface area contributed by atoms with Crippen molar-refractivity contribution in [1.29, 1.82) is 0 Å². The van der Waals surface area contributed by atoms with Gasteiger partial charge in [-0.05, 0) is 74.0 Å². The molecule has 0 amide bonds. The van der Waals surface area contributed by atoms with Crippen LogP contribution in [0.5, 0.6) is 5.75 Å².